The molecule has 342 valence electrons. The lowest BCUT2D eigenvalue weighted by Crippen LogP contribution is -2.58. The van der Waals surface area contributed by atoms with Crippen molar-refractivity contribution in [3.8, 4) is 5.75 Å². The number of piperidine rings is 1. The van der Waals surface area contributed by atoms with Crippen LogP contribution in [0.15, 0.2) is 86.7 Å². The number of aliphatic hydroxyl groups excluding tert-OH is 1. The number of H-pyrrole nitrogens is 1. The Morgan fingerprint density at radius 3 is 2.28 bits per heavy atom. The Hall–Kier alpha value is -4.68. The third-order valence-electron chi connectivity index (χ3n) is 11.3. The van der Waals surface area contributed by atoms with Crippen molar-refractivity contribution in [2.75, 3.05) is 45.9 Å². The number of morpholine rings is 1. The number of thiazole rings is 2. The number of carbonyl (C=O) groups excluding carboxylic acids is 1. The van der Waals surface area contributed by atoms with Crippen molar-refractivity contribution in [2.45, 2.75) is 67.1 Å². The molecule has 2 aromatic heterocycles. The molecule has 21 heteroatoms. The number of aromatic amines is 1. The summed E-state index contributed by atoms with van der Waals surface area (Å²) in [6.07, 6.45) is 1.20. The maximum atomic E-state index is 14.7. The number of hydrogen-bond acceptors (Lipinski definition) is 14. The standard InChI is InChI=1S/C33H40FN5O5S2.C10H8O6S2/c1-20(2)30-36-25(18-45-30)31(42)39-13-14-44-33(19-39)8-11-38(12-9-33)17-21-3-5-24(34)22(15-21)7-10-35-16-27(41)23-4-6-26(40)28-29(23)46-32(43)37-28;11-17(12,13)9-5-1-3-7-8(9)4-2-6-10(7)18(14,15)16/h3-6,15,18,20,27,35,40-41H,7-14,16-17,19H2,1-2H3,(H,37,43);1-6H,(H,11,12,13)(H,14,15,16)/t27-;/m0./s1. The average Bonchev–Trinajstić information content (AvgIpc) is 3.91. The van der Waals surface area contributed by atoms with Crippen LogP contribution in [0, 0.1) is 5.82 Å². The Morgan fingerprint density at radius 1 is 0.984 bits per heavy atom. The van der Waals surface area contributed by atoms with E-state index in [9.17, 15) is 41.0 Å². The minimum atomic E-state index is -4.47. The molecule has 0 radical (unpaired) electrons. The molecule has 8 rings (SSSR count). The molecule has 1 atom stereocenters. The van der Waals surface area contributed by atoms with Gasteiger partial charge in [-0.25, -0.2) is 9.37 Å². The lowest BCUT2D eigenvalue weighted by Gasteiger charge is -2.47. The molecule has 2 fully saturated rings. The molecule has 6 N–H and O–H groups in total. The highest BCUT2D eigenvalue weighted by Gasteiger charge is 2.41. The molecule has 6 aromatic rings. The first kappa shape index (κ1) is 47.3. The van der Waals surface area contributed by atoms with Crippen molar-refractivity contribution >= 4 is 69.8 Å². The van der Waals surface area contributed by atoms with E-state index in [1.54, 1.807) is 6.07 Å². The number of benzene rings is 4. The third kappa shape index (κ3) is 10.9. The van der Waals surface area contributed by atoms with Gasteiger partial charge in [-0.05, 0) is 61.2 Å². The number of aromatic hydroxyl groups is 1. The van der Waals surface area contributed by atoms with Crippen LogP contribution >= 0.6 is 22.7 Å². The molecule has 2 aliphatic heterocycles. The van der Waals surface area contributed by atoms with Crippen molar-refractivity contribution in [1.29, 1.82) is 0 Å². The summed E-state index contributed by atoms with van der Waals surface area (Å²) in [6.45, 7) is 8.84. The number of aliphatic hydroxyl groups is 1. The van der Waals surface area contributed by atoms with Gasteiger partial charge in [0, 0.05) is 60.4 Å². The highest BCUT2D eigenvalue weighted by atomic mass is 32.2. The minimum Gasteiger partial charge on any atom is -0.506 e. The zero-order chi connectivity index (χ0) is 46.0. The predicted octanol–water partition coefficient (Wildman–Crippen LogP) is 5.72. The van der Waals surface area contributed by atoms with Gasteiger partial charge >= 0.3 is 4.87 Å². The van der Waals surface area contributed by atoms with E-state index >= 15 is 0 Å². The highest BCUT2D eigenvalue weighted by molar-refractivity contribution is 7.86. The van der Waals surface area contributed by atoms with E-state index in [0.717, 1.165) is 60.0 Å². The molecular formula is C43H48FN5O11S4. The summed E-state index contributed by atoms with van der Waals surface area (Å²) in [6, 6.07) is 15.8. The van der Waals surface area contributed by atoms with Gasteiger partial charge in [-0.15, -0.1) is 11.3 Å². The summed E-state index contributed by atoms with van der Waals surface area (Å²) in [7, 11) is -8.94. The number of halogens is 1. The Morgan fingerprint density at radius 2 is 1.66 bits per heavy atom. The molecule has 1 spiro atoms. The van der Waals surface area contributed by atoms with Gasteiger partial charge in [0.25, 0.3) is 26.1 Å². The molecule has 2 saturated heterocycles. The van der Waals surface area contributed by atoms with Crippen LogP contribution in [-0.2, 0) is 37.9 Å². The van der Waals surface area contributed by atoms with Crippen LogP contribution in [-0.4, -0.2) is 113 Å². The summed E-state index contributed by atoms with van der Waals surface area (Å²) >= 11 is 2.48. The van der Waals surface area contributed by atoms with Crippen molar-refractivity contribution in [3.05, 3.63) is 115 Å². The largest absolute Gasteiger partial charge is 0.506 e. The second kappa shape index (κ2) is 19.4. The summed E-state index contributed by atoms with van der Waals surface area (Å²) in [5.74, 6) is -0.0234. The fraction of sp³-hybridized carbons (Fsp3) is 0.372. The van der Waals surface area contributed by atoms with Gasteiger partial charge in [0.15, 0.2) is 0 Å². The molecule has 2 aliphatic rings. The number of carbonyl (C=O) groups is 1. The molecule has 0 aliphatic carbocycles. The number of amides is 1. The molecule has 0 unspecified atom stereocenters. The SMILES string of the molecule is CC(C)c1nc(C(=O)N2CCOC3(CCN(Cc4ccc(F)c(CCNC[C@H](O)c5ccc(O)c6[nH]c(=O)sc56)c4)CC3)C2)cs1.O=S(=O)(O)c1cccc2c(S(=O)(=O)O)cccc12. The van der Waals surface area contributed by atoms with E-state index < -0.39 is 36.1 Å². The molecule has 0 bridgehead atoms. The Balaban J connectivity index is 0.000000284. The van der Waals surface area contributed by atoms with Gasteiger partial charge in [-0.2, -0.15) is 16.8 Å². The topological polar surface area (TPSA) is 240 Å². The first-order chi connectivity index (χ1) is 30.3. The molecule has 64 heavy (non-hydrogen) atoms. The van der Waals surface area contributed by atoms with E-state index in [2.05, 4.69) is 34.0 Å². The van der Waals surface area contributed by atoms with Crippen LogP contribution in [0.1, 0.15) is 70.9 Å². The van der Waals surface area contributed by atoms with Gasteiger partial charge in [-0.1, -0.05) is 67.6 Å². The molecule has 0 saturated carbocycles. The fourth-order valence-electron chi connectivity index (χ4n) is 8.00. The zero-order valence-electron chi connectivity index (χ0n) is 34.9. The number of nitrogens with zero attached hydrogens (tertiary/aromatic N) is 3. The van der Waals surface area contributed by atoms with E-state index in [1.165, 1.54) is 47.7 Å². The first-order valence-corrected chi connectivity index (χ1v) is 25.0. The van der Waals surface area contributed by atoms with Crippen LogP contribution in [0.25, 0.3) is 21.0 Å². The first-order valence-electron chi connectivity index (χ1n) is 20.4. The number of fused-ring (bicyclic) bond motifs is 2. The number of phenolic OH excluding ortho intramolecular Hbond substituents is 1. The van der Waals surface area contributed by atoms with E-state index in [1.807, 2.05) is 22.4 Å². The fourth-order valence-corrected chi connectivity index (χ4v) is 11.1. The van der Waals surface area contributed by atoms with Crippen LogP contribution in [0.4, 0.5) is 4.39 Å². The Kier molecular flexibility index (Phi) is 14.4. The van der Waals surface area contributed by atoms with Crippen molar-refractivity contribution in [3.63, 3.8) is 0 Å². The number of aromatic nitrogens is 2. The monoisotopic (exact) mass is 957 g/mol. The lowest BCUT2D eigenvalue weighted by molar-refractivity contribution is -0.128. The summed E-state index contributed by atoms with van der Waals surface area (Å²) < 4.78 is 84.2. The predicted molar refractivity (Wildman–Crippen MR) is 241 cm³/mol. The lowest BCUT2D eigenvalue weighted by atomic mass is 9.89. The molecular weight excluding hydrogens is 910 g/mol. The highest BCUT2D eigenvalue weighted by Crippen LogP contribution is 2.34. The number of hydrogen-bond donors (Lipinski definition) is 6. The normalized spacial score (nSPS) is 16.3. The van der Waals surface area contributed by atoms with Crippen LogP contribution < -0.4 is 10.2 Å². The summed E-state index contributed by atoms with van der Waals surface area (Å²) in [5.41, 5.74) is 2.69. The van der Waals surface area contributed by atoms with Crippen molar-refractivity contribution in [2.24, 2.45) is 0 Å². The van der Waals surface area contributed by atoms with Gasteiger partial charge in [0.05, 0.1) is 34.6 Å². The number of nitrogens with one attached hydrogen (secondary N) is 2. The summed E-state index contributed by atoms with van der Waals surface area (Å²) in [4.78, 5) is 35.3. The second-order valence-corrected chi connectivity index (χ2v) is 20.8. The van der Waals surface area contributed by atoms with E-state index in [0.29, 0.717) is 72.2 Å². The molecule has 1 amide bonds. The number of ether oxygens (including phenoxy) is 1. The van der Waals surface area contributed by atoms with Crippen LogP contribution in [0.5, 0.6) is 5.75 Å². The van der Waals surface area contributed by atoms with Crippen molar-refractivity contribution in [1.82, 2.24) is 25.1 Å². The molecule has 4 aromatic carbocycles. The third-order valence-corrected chi connectivity index (χ3v) is 15.2. The van der Waals surface area contributed by atoms with Crippen LogP contribution in [0.2, 0.25) is 0 Å². The van der Waals surface area contributed by atoms with Gasteiger partial charge in [0.2, 0.25) is 0 Å². The Bertz CT molecular complexity index is 2880. The quantitative estimate of drug-likeness (QED) is 0.0636. The van der Waals surface area contributed by atoms with Gasteiger partial charge < -0.3 is 30.2 Å². The maximum absolute atomic E-state index is 14.7. The van der Waals surface area contributed by atoms with Crippen LogP contribution in [0.3, 0.4) is 0 Å². The minimum absolute atomic E-state index is 0.0206. The number of phenols is 1. The van der Waals surface area contributed by atoms with Gasteiger partial charge in [-0.3, -0.25) is 23.6 Å². The average molecular weight is 958 g/mol. The zero-order valence-corrected chi connectivity index (χ0v) is 38.1. The van der Waals surface area contributed by atoms with E-state index in [-0.39, 0.29) is 45.3 Å². The van der Waals surface area contributed by atoms with Crippen molar-refractivity contribution < 1.29 is 50.1 Å². The number of likely N-dealkylation sites (tertiary alicyclic amines) is 1. The summed E-state index contributed by atoms with van der Waals surface area (Å²) in [5, 5.41) is 26.8. The molecule has 4 heterocycles. The number of rotatable bonds is 12. The maximum Gasteiger partial charge on any atom is 0.305 e. The van der Waals surface area contributed by atoms with E-state index in [4.69, 9.17) is 13.8 Å². The smallest absolute Gasteiger partial charge is 0.305 e. The van der Waals surface area contributed by atoms with Gasteiger partial charge in [0.1, 0.15) is 32.6 Å². The molecule has 16 nitrogen and oxygen atoms in total. The Labute approximate surface area is 376 Å². The second-order valence-electron chi connectivity index (χ2n) is 16.1.